The summed E-state index contributed by atoms with van der Waals surface area (Å²) in [5.41, 5.74) is -0.108. The minimum atomic E-state index is -0.779. The fraction of sp³-hybridized carbons (Fsp3) is 0.550. The Morgan fingerprint density at radius 2 is 1.79 bits per heavy atom. The summed E-state index contributed by atoms with van der Waals surface area (Å²) in [5, 5.41) is 2.99. The molecule has 0 unspecified atom stereocenters. The van der Waals surface area contributed by atoms with Crippen LogP contribution in [-0.4, -0.2) is 54.5 Å². The summed E-state index contributed by atoms with van der Waals surface area (Å²) in [6.45, 7) is 6.78. The maximum absolute atomic E-state index is 12.5. The van der Waals surface area contributed by atoms with E-state index < -0.39 is 11.6 Å². The number of hydrogen-bond donors (Lipinski definition) is 1. The van der Waals surface area contributed by atoms with Gasteiger partial charge in [0.25, 0.3) is 5.91 Å². The number of amides is 2. The Morgan fingerprint density at radius 1 is 1.18 bits per heavy atom. The van der Waals surface area contributed by atoms with Crippen molar-refractivity contribution in [2.24, 2.45) is 5.41 Å². The third kappa shape index (κ3) is 5.86. The van der Waals surface area contributed by atoms with Crippen LogP contribution in [0.1, 0.15) is 44.0 Å². The third-order valence-corrected chi connectivity index (χ3v) is 5.28. The molecule has 1 aliphatic rings. The van der Waals surface area contributed by atoms with Crippen LogP contribution in [0.5, 0.6) is 5.75 Å². The van der Waals surface area contributed by atoms with Gasteiger partial charge in [0.1, 0.15) is 5.75 Å². The molecule has 0 atom stereocenters. The van der Waals surface area contributed by atoms with Gasteiger partial charge in [0.05, 0.1) is 12.0 Å². The Kier molecular flexibility index (Phi) is 7.69. The van der Waals surface area contributed by atoms with Gasteiger partial charge < -0.3 is 19.7 Å². The van der Waals surface area contributed by atoms with Crippen molar-refractivity contribution >= 4 is 29.6 Å². The Balaban J connectivity index is 1.84. The largest absolute Gasteiger partial charge is 0.513 e. The molecule has 0 spiro atoms. The van der Waals surface area contributed by atoms with E-state index in [1.807, 2.05) is 18.7 Å². The molecule has 1 aliphatic heterocycles. The average molecular weight is 411 g/mol. The van der Waals surface area contributed by atoms with Crippen molar-refractivity contribution in [3.05, 3.63) is 29.8 Å². The number of alkyl halides is 1. The Bertz CT molecular complexity index is 697. The standard InChI is InChI=1S/C20H27ClN2O5/c1-4-27-19(26)28-16-7-5-14(6-8-16)17(24)22-15-9-11-23(12-10-15)18(25)20(2,3)13-21/h5-8,15H,4,9-13H2,1-3H3,(H,22,24). The summed E-state index contributed by atoms with van der Waals surface area (Å²) in [6.07, 6.45) is 0.609. The molecule has 1 saturated heterocycles. The van der Waals surface area contributed by atoms with E-state index in [0.29, 0.717) is 37.2 Å². The Morgan fingerprint density at radius 3 is 2.32 bits per heavy atom. The molecule has 0 aromatic heterocycles. The molecular weight excluding hydrogens is 384 g/mol. The summed E-state index contributed by atoms with van der Waals surface area (Å²) in [5.74, 6) is 0.431. The molecule has 1 heterocycles. The van der Waals surface area contributed by atoms with E-state index in [1.165, 1.54) is 0 Å². The van der Waals surface area contributed by atoms with Gasteiger partial charge in [-0.25, -0.2) is 4.79 Å². The number of hydrogen-bond acceptors (Lipinski definition) is 5. The van der Waals surface area contributed by atoms with E-state index in [4.69, 9.17) is 21.1 Å². The van der Waals surface area contributed by atoms with Crippen molar-refractivity contribution in [1.82, 2.24) is 10.2 Å². The minimum Gasteiger partial charge on any atom is -0.434 e. The van der Waals surface area contributed by atoms with Crippen LogP contribution in [0.2, 0.25) is 0 Å². The van der Waals surface area contributed by atoms with Gasteiger partial charge in [-0.05, 0) is 57.9 Å². The van der Waals surface area contributed by atoms with Gasteiger partial charge in [0.2, 0.25) is 5.91 Å². The number of nitrogens with one attached hydrogen (secondary N) is 1. The fourth-order valence-electron chi connectivity index (χ4n) is 2.90. The van der Waals surface area contributed by atoms with Gasteiger partial charge in [0, 0.05) is 30.6 Å². The number of carbonyl (C=O) groups is 3. The van der Waals surface area contributed by atoms with Gasteiger partial charge >= 0.3 is 6.16 Å². The lowest BCUT2D eigenvalue weighted by molar-refractivity contribution is -0.140. The van der Waals surface area contributed by atoms with E-state index in [1.54, 1.807) is 31.2 Å². The maximum Gasteiger partial charge on any atom is 0.513 e. The molecule has 0 radical (unpaired) electrons. The number of piperidine rings is 1. The number of likely N-dealkylation sites (tertiary alicyclic amines) is 1. The average Bonchev–Trinajstić information content (AvgIpc) is 2.68. The molecule has 1 N–H and O–H groups in total. The number of nitrogens with zero attached hydrogens (tertiary/aromatic N) is 1. The van der Waals surface area contributed by atoms with Crippen molar-refractivity contribution in [3.8, 4) is 5.75 Å². The molecule has 0 aliphatic carbocycles. The molecule has 8 heteroatoms. The second-order valence-corrected chi connectivity index (χ2v) is 7.63. The molecule has 154 valence electrons. The van der Waals surface area contributed by atoms with Gasteiger partial charge in [-0.15, -0.1) is 11.6 Å². The minimum absolute atomic E-state index is 0.00567. The van der Waals surface area contributed by atoms with E-state index >= 15 is 0 Å². The zero-order chi connectivity index (χ0) is 20.7. The Labute approximate surface area is 170 Å². The van der Waals surface area contributed by atoms with Crippen LogP contribution >= 0.6 is 11.6 Å². The van der Waals surface area contributed by atoms with Crippen LogP contribution in [0, 0.1) is 5.41 Å². The first-order chi connectivity index (χ1) is 13.3. The van der Waals surface area contributed by atoms with E-state index in [-0.39, 0.29) is 30.3 Å². The summed E-state index contributed by atoms with van der Waals surface area (Å²) in [6, 6.07) is 6.27. The molecular formula is C20H27ClN2O5. The highest BCUT2D eigenvalue weighted by atomic mass is 35.5. The lowest BCUT2D eigenvalue weighted by Gasteiger charge is -2.36. The molecule has 7 nitrogen and oxygen atoms in total. The zero-order valence-corrected chi connectivity index (χ0v) is 17.3. The van der Waals surface area contributed by atoms with Gasteiger partial charge in [-0.3, -0.25) is 9.59 Å². The first kappa shape index (κ1) is 22.0. The predicted molar refractivity (Wildman–Crippen MR) is 106 cm³/mol. The number of rotatable bonds is 6. The lowest BCUT2D eigenvalue weighted by atomic mass is 9.92. The molecule has 0 bridgehead atoms. The van der Waals surface area contributed by atoms with Crippen LogP contribution in [0.4, 0.5) is 4.79 Å². The summed E-state index contributed by atoms with van der Waals surface area (Å²) in [4.78, 5) is 38.0. The highest BCUT2D eigenvalue weighted by Crippen LogP contribution is 2.23. The smallest absolute Gasteiger partial charge is 0.434 e. The third-order valence-electron chi connectivity index (χ3n) is 4.61. The topological polar surface area (TPSA) is 84.9 Å². The van der Waals surface area contributed by atoms with Crippen molar-refractivity contribution in [3.63, 3.8) is 0 Å². The van der Waals surface area contributed by atoms with Crippen LogP contribution in [-0.2, 0) is 9.53 Å². The van der Waals surface area contributed by atoms with Crippen molar-refractivity contribution in [2.45, 2.75) is 39.7 Å². The van der Waals surface area contributed by atoms with E-state index in [0.717, 1.165) is 0 Å². The van der Waals surface area contributed by atoms with Crippen LogP contribution in [0.25, 0.3) is 0 Å². The Hall–Kier alpha value is -2.28. The van der Waals surface area contributed by atoms with Crippen LogP contribution in [0.15, 0.2) is 24.3 Å². The molecule has 1 aromatic rings. The predicted octanol–water partition coefficient (Wildman–Crippen LogP) is 3.21. The number of carbonyl (C=O) groups excluding carboxylic acids is 3. The van der Waals surface area contributed by atoms with E-state index in [2.05, 4.69) is 5.32 Å². The normalized spacial score (nSPS) is 15.1. The van der Waals surface area contributed by atoms with Gasteiger partial charge in [0.15, 0.2) is 0 Å². The SMILES string of the molecule is CCOC(=O)Oc1ccc(C(=O)NC2CCN(C(=O)C(C)(C)CCl)CC2)cc1. The van der Waals surface area contributed by atoms with Crippen molar-refractivity contribution in [1.29, 1.82) is 0 Å². The lowest BCUT2D eigenvalue weighted by Crippen LogP contribution is -2.50. The zero-order valence-electron chi connectivity index (χ0n) is 16.5. The first-order valence-electron chi connectivity index (χ1n) is 9.37. The highest BCUT2D eigenvalue weighted by molar-refractivity contribution is 6.19. The first-order valence-corrected chi connectivity index (χ1v) is 9.91. The number of ether oxygens (including phenoxy) is 2. The van der Waals surface area contributed by atoms with Crippen LogP contribution in [0.3, 0.4) is 0 Å². The van der Waals surface area contributed by atoms with Crippen LogP contribution < -0.4 is 10.1 Å². The molecule has 28 heavy (non-hydrogen) atoms. The molecule has 1 aromatic carbocycles. The second-order valence-electron chi connectivity index (χ2n) is 7.37. The molecule has 0 saturated carbocycles. The summed E-state index contributed by atoms with van der Waals surface area (Å²) >= 11 is 5.89. The quantitative estimate of drug-likeness (QED) is 0.442. The highest BCUT2D eigenvalue weighted by Gasteiger charge is 2.33. The molecule has 2 rings (SSSR count). The van der Waals surface area contributed by atoms with Gasteiger partial charge in [-0.2, -0.15) is 0 Å². The van der Waals surface area contributed by atoms with Crippen molar-refractivity contribution in [2.75, 3.05) is 25.6 Å². The second kappa shape index (κ2) is 9.78. The number of halogens is 1. The van der Waals surface area contributed by atoms with Crippen molar-refractivity contribution < 1.29 is 23.9 Å². The maximum atomic E-state index is 12.5. The molecule has 1 fully saturated rings. The van der Waals surface area contributed by atoms with E-state index in [9.17, 15) is 14.4 Å². The number of benzene rings is 1. The fourth-order valence-corrected chi connectivity index (χ4v) is 3.01. The molecule has 2 amide bonds. The monoisotopic (exact) mass is 410 g/mol. The summed E-state index contributed by atoms with van der Waals surface area (Å²) < 4.78 is 9.67. The summed E-state index contributed by atoms with van der Waals surface area (Å²) in [7, 11) is 0. The van der Waals surface area contributed by atoms with Gasteiger partial charge in [-0.1, -0.05) is 0 Å².